The van der Waals surface area contributed by atoms with Crippen molar-refractivity contribution in [3.8, 4) is 0 Å². The average Bonchev–Trinajstić information content (AvgIpc) is 3.31. The Morgan fingerprint density at radius 2 is 0.968 bits per heavy atom. The predicted molar refractivity (Wildman–Crippen MR) is 126 cm³/mol. The van der Waals surface area contributed by atoms with Gasteiger partial charge in [-0.15, -0.1) is 24.0 Å². The molecule has 2 aromatic carbocycles. The number of rotatable bonds is 2. The van der Waals surface area contributed by atoms with Crippen LogP contribution in [-0.4, -0.2) is 9.52 Å². The zero-order valence-electron chi connectivity index (χ0n) is 18.4. The third-order valence-electron chi connectivity index (χ3n) is 5.19. The first-order chi connectivity index (χ1) is 13.7. The SMILES string of the molecule is C1C[SiH2]C1.CC1=[C-]CC(c2ccccc2)=C1.CC1=[C-]CC(c2ccccc2)=C1.[Cl-].[Cl-].[Zr+4]. The van der Waals surface area contributed by atoms with Crippen molar-refractivity contribution in [1.29, 1.82) is 0 Å². The molecule has 1 saturated heterocycles. The predicted octanol–water partition coefficient (Wildman–Crippen LogP) is 0.847. The van der Waals surface area contributed by atoms with Crippen LogP contribution in [-0.2, 0) is 26.2 Å². The third kappa shape index (κ3) is 10.5. The van der Waals surface area contributed by atoms with Crippen LogP contribution >= 0.6 is 0 Å². The first kappa shape index (κ1) is 30.1. The molecule has 0 nitrogen and oxygen atoms in total. The maximum atomic E-state index is 3.29. The molecule has 0 bridgehead atoms. The molecule has 0 saturated carbocycles. The second-order valence-corrected chi connectivity index (χ2v) is 9.68. The van der Waals surface area contributed by atoms with E-state index in [1.807, 2.05) is 12.1 Å². The summed E-state index contributed by atoms with van der Waals surface area (Å²) < 4.78 is 0. The second kappa shape index (κ2) is 16.7. The Hall–Kier alpha value is -0.920. The summed E-state index contributed by atoms with van der Waals surface area (Å²) in [5.74, 6) is 0. The minimum absolute atomic E-state index is 0. The average molecular weight is 545 g/mol. The van der Waals surface area contributed by atoms with Crippen molar-refractivity contribution in [3.63, 3.8) is 0 Å². The van der Waals surface area contributed by atoms with E-state index in [4.69, 9.17) is 0 Å². The molecular formula is C27H30Cl2SiZr. The Balaban J connectivity index is 0.000000455. The van der Waals surface area contributed by atoms with Crippen molar-refractivity contribution in [2.45, 2.75) is 45.2 Å². The van der Waals surface area contributed by atoms with Crippen LogP contribution in [0, 0.1) is 12.2 Å². The summed E-state index contributed by atoms with van der Waals surface area (Å²) in [6.07, 6.45) is 14.5. The minimum atomic E-state index is 0. The van der Waals surface area contributed by atoms with Crippen LogP contribution in [0.15, 0.2) is 84.0 Å². The smallest absolute Gasteiger partial charge is 1.00 e. The number of hydrogen-bond donors (Lipinski definition) is 0. The van der Waals surface area contributed by atoms with E-state index in [1.165, 1.54) is 33.4 Å². The molecule has 1 heterocycles. The molecule has 2 aliphatic carbocycles. The van der Waals surface area contributed by atoms with Crippen molar-refractivity contribution in [3.05, 3.63) is 107 Å². The quantitative estimate of drug-likeness (QED) is 0.389. The van der Waals surface area contributed by atoms with Crippen LogP contribution in [0.5, 0.6) is 0 Å². The molecule has 0 unspecified atom stereocenters. The van der Waals surface area contributed by atoms with Crippen molar-refractivity contribution >= 4 is 20.7 Å². The molecule has 0 N–H and O–H groups in total. The Labute approximate surface area is 222 Å². The maximum Gasteiger partial charge on any atom is 4.00 e. The monoisotopic (exact) mass is 542 g/mol. The van der Waals surface area contributed by atoms with Crippen LogP contribution in [0.25, 0.3) is 11.1 Å². The summed E-state index contributed by atoms with van der Waals surface area (Å²) in [6.45, 7) is 4.19. The van der Waals surface area contributed by atoms with Gasteiger partial charge in [0.05, 0.1) is 0 Å². The summed E-state index contributed by atoms with van der Waals surface area (Å²) in [4.78, 5) is 0. The molecule has 31 heavy (non-hydrogen) atoms. The van der Waals surface area contributed by atoms with Gasteiger partial charge in [-0.05, 0) is 11.1 Å². The summed E-state index contributed by atoms with van der Waals surface area (Å²) in [6, 6.07) is 24.2. The van der Waals surface area contributed by atoms with E-state index in [1.54, 1.807) is 18.5 Å². The van der Waals surface area contributed by atoms with Crippen LogP contribution in [0.1, 0.15) is 44.2 Å². The van der Waals surface area contributed by atoms with Gasteiger partial charge in [0.15, 0.2) is 0 Å². The second-order valence-electron chi connectivity index (χ2n) is 7.56. The Morgan fingerprint density at radius 3 is 1.19 bits per heavy atom. The normalized spacial score (nSPS) is 15.3. The largest absolute Gasteiger partial charge is 4.00 e. The standard InChI is InChI=1S/2C12H11.C3H8Si.2ClH.Zr/c2*1-10-7-8-12(9-10)11-5-3-2-4-6-11;1-2-4-3-1;;;/h2*2-6,9H,8H2,1H3;1-4H2;2*1H;/q2*-1;;;;+4/p-2. The number of hydrogen-bond acceptors (Lipinski definition) is 0. The van der Waals surface area contributed by atoms with E-state index in [0.29, 0.717) is 9.52 Å². The molecular weight excluding hydrogens is 515 g/mol. The van der Waals surface area contributed by atoms with Gasteiger partial charge in [-0.2, -0.15) is 0 Å². The number of allylic oxidation sites excluding steroid dienone is 8. The molecule has 5 rings (SSSR count). The van der Waals surface area contributed by atoms with Gasteiger partial charge in [0.2, 0.25) is 0 Å². The van der Waals surface area contributed by atoms with Crippen molar-refractivity contribution < 1.29 is 51.0 Å². The summed E-state index contributed by atoms with van der Waals surface area (Å²) >= 11 is 0. The fourth-order valence-electron chi connectivity index (χ4n) is 3.12. The van der Waals surface area contributed by atoms with Crippen LogP contribution < -0.4 is 24.8 Å². The molecule has 2 aromatic rings. The molecule has 1 aliphatic heterocycles. The van der Waals surface area contributed by atoms with E-state index in [-0.39, 0.29) is 51.0 Å². The molecule has 0 radical (unpaired) electrons. The van der Waals surface area contributed by atoms with Gasteiger partial charge in [-0.1, -0.05) is 93.0 Å². The zero-order valence-corrected chi connectivity index (χ0v) is 23.8. The van der Waals surface area contributed by atoms with Gasteiger partial charge in [0.25, 0.3) is 0 Å². The topological polar surface area (TPSA) is 0 Å². The van der Waals surface area contributed by atoms with Gasteiger partial charge in [0, 0.05) is 9.52 Å². The van der Waals surface area contributed by atoms with Crippen molar-refractivity contribution in [2.75, 3.05) is 0 Å². The summed E-state index contributed by atoms with van der Waals surface area (Å²) in [7, 11) is 0.605. The van der Waals surface area contributed by atoms with Crippen LogP contribution in [0.3, 0.4) is 0 Å². The molecule has 0 amide bonds. The molecule has 4 heteroatoms. The molecule has 0 spiro atoms. The van der Waals surface area contributed by atoms with E-state index in [9.17, 15) is 0 Å². The van der Waals surface area contributed by atoms with Crippen LogP contribution in [0.2, 0.25) is 12.1 Å². The number of benzene rings is 2. The van der Waals surface area contributed by atoms with Gasteiger partial charge >= 0.3 is 26.2 Å². The third-order valence-corrected chi connectivity index (χ3v) is 7.19. The van der Waals surface area contributed by atoms with Crippen LogP contribution in [0.4, 0.5) is 0 Å². The molecule has 3 aliphatic rings. The first-order valence-corrected chi connectivity index (χ1v) is 12.4. The van der Waals surface area contributed by atoms with E-state index in [0.717, 1.165) is 12.8 Å². The minimum Gasteiger partial charge on any atom is -1.00 e. The summed E-state index contributed by atoms with van der Waals surface area (Å²) in [5, 5.41) is 0. The Bertz CT molecular complexity index is 804. The first-order valence-electron chi connectivity index (χ1n) is 10.4. The van der Waals surface area contributed by atoms with Crippen molar-refractivity contribution in [2.24, 2.45) is 0 Å². The fraction of sp³-hybridized carbons (Fsp3) is 0.259. The van der Waals surface area contributed by atoms with E-state index >= 15 is 0 Å². The summed E-state index contributed by atoms with van der Waals surface area (Å²) in [5.41, 5.74) is 7.92. The zero-order chi connectivity index (χ0) is 19.6. The Kier molecular flexibility index (Phi) is 16.2. The van der Waals surface area contributed by atoms with E-state index in [2.05, 4.69) is 86.7 Å². The van der Waals surface area contributed by atoms with Gasteiger partial charge in [-0.25, -0.2) is 23.3 Å². The van der Waals surface area contributed by atoms with Crippen molar-refractivity contribution in [1.82, 2.24) is 0 Å². The molecule has 160 valence electrons. The van der Waals surface area contributed by atoms with Gasteiger partial charge in [-0.3, -0.25) is 12.2 Å². The Morgan fingerprint density at radius 1 is 0.645 bits per heavy atom. The van der Waals surface area contributed by atoms with E-state index < -0.39 is 0 Å². The number of halogens is 2. The van der Waals surface area contributed by atoms with Gasteiger partial charge in [0.1, 0.15) is 0 Å². The molecule has 1 fully saturated rings. The molecule has 0 aromatic heterocycles. The maximum absolute atomic E-state index is 3.29. The van der Waals surface area contributed by atoms with Gasteiger partial charge < -0.3 is 24.8 Å². The fourth-order valence-corrected chi connectivity index (χ4v) is 3.62. The molecule has 0 atom stereocenters.